The van der Waals surface area contributed by atoms with Crippen LogP contribution in [0.4, 0.5) is 0 Å². The molecule has 0 heterocycles. The number of carboxylic acids is 1. The van der Waals surface area contributed by atoms with E-state index < -0.39 is 59.7 Å². The van der Waals surface area contributed by atoms with Gasteiger partial charge >= 0.3 is 5.97 Å². The summed E-state index contributed by atoms with van der Waals surface area (Å²) in [7, 11) is 0. The third-order valence-electron chi connectivity index (χ3n) is 5.83. The fourth-order valence-electron chi connectivity index (χ4n) is 3.62. The molecule has 14 heteroatoms. The maximum atomic E-state index is 13.1. The molecule has 14 nitrogen and oxygen atoms in total. The Bertz CT molecular complexity index is 990. The molecular formula is C25H39N7O7. The summed E-state index contributed by atoms with van der Waals surface area (Å²) < 4.78 is 0. The summed E-state index contributed by atoms with van der Waals surface area (Å²) in [5.74, 6) is -5.14. The van der Waals surface area contributed by atoms with E-state index in [2.05, 4.69) is 16.0 Å². The fraction of sp³-hybridized carbons (Fsp3) is 0.520. The first-order valence-electron chi connectivity index (χ1n) is 12.6. The largest absolute Gasteiger partial charge is 0.480 e. The van der Waals surface area contributed by atoms with Crippen LogP contribution in [0, 0.1) is 0 Å². The minimum Gasteiger partial charge on any atom is -0.480 e. The van der Waals surface area contributed by atoms with Crippen LogP contribution in [0.1, 0.15) is 50.5 Å². The zero-order chi connectivity index (χ0) is 29.4. The molecule has 0 saturated heterocycles. The lowest BCUT2D eigenvalue weighted by Gasteiger charge is -2.25. The molecule has 0 radical (unpaired) electrons. The van der Waals surface area contributed by atoms with E-state index in [0.717, 1.165) is 0 Å². The van der Waals surface area contributed by atoms with Gasteiger partial charge in [0, 0.05) is 19.3 Å². The Morgan fingerprint density at radius 1 is 0.718 bits per heavy atom. The summed E-state index contributed by atoms with van der Waals surface area (Å²) in [6.07, 6.45) is 0.567. The maximum Gasteiger partial charge on any atom is 0.326 e. The van der Waals surface area contributed by atoms with Crippen molar-refractivity contribution in [3.05, 3.63) is 35.9 Å². The number of amides is 5. The van der Waals surface area contributed by atoms with Gasteiger partial charge in [-0.05, 0) is 37.8 Å². The van der Waals surface area contributed by atoms with Gasteiger partial charge in [-0.3, -0.25) is 24.0 Å². The lowest BCUT2D eigenvalue weighted by molar-refractivity contribution is -0.142. The molecule has 4 unspecified atom stereocenters. The number of nitrogens with two attached hydrogens (primary N) is 4. The molecule has 0 aliphatic rings. The molecule has 1 rings (SSSR count). The van der Waals surface area contributed by atoms with Crippen molar-refractivity contribution in [2.24, 2.45) is 22.9 Å². The first-order chi connectivity index (χ1) is 18.4. The van der Waals surface area contributed by atoms with Gasteiger partial charge in [-0.25, -0.2) is 4.79 Å². The van der Waals surface area contributed by atoms with Crippen LogP contribution in [0.25, 0.3) is 0 Å². The zero-order valence-corrected chi connectivity index (χ0v) is 21.8. The molecule has 0 spiro atoms. The van der Waals surface area contributed by atoms with Crippen LogP contribution in [-0.2, 0) is 35.2 Å². The van der Waals surface area contributed by atoms with Gasteiger partial charge in [-0.1, -0.05) is 36.8 Å². The van der Waals surface area contributed by atoms with Crippen LogP contribution in [0.5, 0.6) is 0 Å². The Kier molecular flexibility index (Phi) is 14.8. The minimum absolute atomic E-state index is 0.0300. The molecule has 5 amide bonds. The summed E-state index contributed by atoms with van der Waals surface area (Å²) in [5.41, 5.74) is 22.4. The first kappa shape index (κ1) is 33.0. The Balaban J connectivity index is 3.02. The van der Waals surface area contributed by atoms with E-state index in [1.165, 1.54) is 0 Å². The summed E-state index contributed by atoms with van der Waals surface area (Å²) in [6.45, 7) is 0.431. The number of hydrogen-bond acceptors (Lipinski definition) is 8. The van der Waals surface area contributed by atoms with Gasteiger partial charge in [-0.2, -0.15) is 0 Å². The number of aliphatic carboxylic acids is 1. The highest BCUT2D eigenvalue weighted by molar-refractivity contribution is 5.94. The van der Waals surface area contributed by atoms with Crippen LogP contribution in [0.3, 0.4) is 0 Å². The summed E-state index contributed by atoms with van der Waals surface area (Å²) in [6, 6.07) is 3.67. The summed E-state index contributed by atoms with van der Waals surface area (Å²) in [4.78, 5) is 73.2. The highest BCUT2D eigenvalue weighted by Crippen LogP contribution is 2.07. The van der Waals surface area contributed by atoms with Crippen molar-refractivity contribution in [2.45, 2.75) is 75.5 Å². The average Bonchev–Trinajstić information content (AvgIpc) is 2.88. The van der Waals surface area contributed by atoms with E-state index in [0.29, 0.717) is 31.4 Å². The SMILES string of the molecule is NCCCCC(N)C(=O)NC(CCC(N)=O)C(=O)NC(CCC(N)=O)C(=O)NC(Cc1ccccc1)C(=O)O. The standard InChI is InChI=1S/C25H39N7O7/c26-13-5-4-8-16(27)22(35)30-17(9-11-20(28)33)23(36)31-18(10-12-21(29)34)24(37)32-19(25(38)39)14-15-6-2-1-3-7-15/h1-3,6-7,16-19H,4-5,8-14,26-27H2,(H2,28,33)(H2,29,34)(H,30,35)(H,31,36)(H,32,37)(H,38,39). The second kappa shape index (κ2) is 17.5. The smallest absolute Gasteiger partial charge is 0.326 e. The molecule has 0 aromatic heterocycles. The highest BCUT2D eigenvalue weighted by atomic mass is 16.4. The molecule has 0 bridgehead atoms. The second-order valence-corrected chi connectivity index (χ2v) is 9.11. The predicted octanol–water partition coefficient (Wildman–Crippen LogP) is -2.24. The number of carboxylic acid groups (broad SMARTS) is 1. The molecule has 216 valence electrons. The van der Waals surface area contributed by atoms with Crippen LogP contribution in [0.15, 0.2) is 30.3 Å². The van der Waals surface area contributed by atoms with Crippen LogP contribution in [-0.4, -0.2) is 71.3 Å². The molecule has 4 atom stereocenters. The third-order valence-corrected chi connectivity index (χ3v) is 5.83. The molecule has 1 aromatic carbocycles. The average molecular weight is 550 g/mol. The fourth-order valence-corrected chi connectivity index (χ4v) is 3.62. The van der Waals surface area contributed by atoms with Crippen molar-refractivity contribution in [3.8, 4) is 0 Å². The molecule has 0 fully saturated rings. The Labute approximate surface area is 226 Å². The molecule has 0 aliphatic heterocycles. The topological polar surface area (TPSA) is 263 Å². The number of carbonyl (C=O) groups is 6. The zero-order valence-electron chi connectivity index (χ0n) is 21.8. The molecular weight excluding hydrogens is 510 g/mol. The van der Waals surface area contributed by atoms with Crippen LogP contribution >= 0.6 is 0 Å². The monoisotopic (exact) mass is 549 g/mol. The van der Waals surface area contributed by atoms with E-state index >= 15 is 0 Å². The first-order valence-corrected chi connectivity index (χ1v) is 12.6. The van der Waals surface area contributed by atoms with Gasteiger partial charge in [0.15, 0.2) is 0 Å². The van der Waals surface area contributed by atoms with Crippen LogP contribution in [0.2, 0.25) is 0 Å². The third kappa shape index (κ3) is 13.4. The lowest BCUT2D eigenvalue weighted by Crippen LogP contribution is -2.57. The number of rotatable bonds is 19. The van der Waals surface area contributed by atoms with Crippen molar-refractivity contribution in [2.75, 3.05) is 6.54 Å². The van der Waals surface area contributed by atoms with Gasteiger partial charge < -0.3 is 44.0 Å². The van der Waals surface area contributed by atoms with Gasteiger partial charge in [0.05, 0.1) is 6.04 Å². The number of nitrogens with one attached hydrogen (secondary N) is 3. The number of hydrogen-bond donors (Lipinski definition) is 8. The molecule has 12 N–H and O–H groups in total. The van der Waals surface area contributed by atoms with Gasteiger partial charge in [0.1, 0.15) is 18.1 Å². The van der Waals surface area contributed by atoms with Gasteiger partial charge in [0.2, 0.25) is 29.5 Å². The Morgan fingerprint density at radius 3 is 1.67 bits per heavy atom. The molecule has 39 heavy (non-hydrogen) atoms. The van der Waals surface area contributed by atoms with Crippen molar-refractivity contribution in [1.29, 1.82) is 0 Å². The highest BCUT2D eigenvalue weighted by Gasteiger charge is 2.30. The number of primary amides is 2. The predicted molar refractivity (Wildman–Crippen MR) is 141 cm³/mol. The molecule has 1 aromatic rings. The van der Waals surface area contributed by atoms with E-state index in [1.807, 2.05) is 0 Å². The van der Waals surface area contributed by atoms with Crippen molar-refractivity contribution < 1.29 is 33.9 Å². The molecule has 0 aliphatic carbocycles. The minimum atomic E-state index is -1.37. The van der Waals surface area contributed by atoms with E-state index in [9.17, 15) is 33.9 Å². The van der Waals surface area contributed by atoms with Gasteiger partial charge in [-0.15, -0.1) is 0 Å². The Morgan fingerprint density at radius 2 is 1.21 bits per heavy atom. The van der Waals surface area contributed by atoms with Crippen molar-refractivity contribution in [1.82, 2.24) is 16.0 Å². The number of unbranched alkanes of at least 4 members (excludes halogenated alkanes) is 1. The summed E-state index contributed by atoms with van der Waals surface area (Å²) in [5, 5.41) is 16.9. The quantitative estimate of drug-likeness (QED) is 0.0865. The normalized spacial score (nSPS) is 13.8. The van der Waals surface area contributed by atoms with E-state index in [-0.39, 0.29) is 32.1 Å². The summed E-state index contributed by atoms with van der Waals surface area (Å²) >= 11 is 0. The number of carbonyl (C=O) groups excluding carboxylic acids is 5. The maximum absolute atomic E-state index is 13.1. The van der Waals surface area contributed by atoms with Crippen molar-refractivity contribution >= 4 is 35.5 Å². The van der Waals surface area contributed by atoms with E-state index in [1.54, 1.807) is 30.3 Å². The van der Waals surface area contributed by atoms with Gasteiger partial charge in [0.25, 0.3) is 0 Å². The Hall–Kier alpha value is -4.04. The second-order valence-electron chi connectivity index (χ2n) is 9.11. The van der Waals surface area contributed by atoms with Crippen LogP contribution < -0.4 is 38.9 Å². The lowest BCUT2D eigenvalue weighted by atomic mass is 10.0. The number of benzene rings is 1. The van der Waals surface area contributed by atoms with E-state index in [4.69, 9.17) is 22.9 Å². The van der Waals surface area contributed by atoms with Crippen molar-refractivity contribution in [3.63, 3.8) is 0 Å². The molecule has 0 saturated carbocycles.